The lowest BCUT2D eigenvalue weighted by atomic mass is 10.1. The van der Waals surface area contributed by atoms with Crippen molar-refractivity contribution in [1.29, 1.82) is 0 Å². The summed E-state index contributed by atoms with van der Waals surface area (Å²) in [6, 6.07) is 13.3. The van der Waals surface area contributed by atoms with Crippen LogP contribution in [-0.2, 0) is 6.54 Å². The average molecular weight is 355 g/mol. The summed E-state index contributed by atoms with van der Waals surface area (Å²) in [6.45, 7) is 6.49. The number of rotatable bonds is 7. The van der Waals surface area contributed by atoms with Crippen LogP contribution in [0.3, 0.4) is 0 Å². The molecule has 0 unspecified atom stereocenters. The van der Waals surface area contributed by atoms with Crippen molar-refractivity contribution in [1.82, 2.24) is 4.90 Å². The van der Waals surface area contributed by atoms with Crippen molar-refractivity contribution < 1.29 is 19.0 Å². The fraction of sp³-hybridized carbons (Fsp3) is 0.381. The molecule has 1 atom stereocenters. The normalized spacial score (nSPS) is 15.8. The minimum Gasteiger partial charge on any atom is -0.496 e. The predicted molar refractivity (Wildman–Crippen MR) is 100 cm³/mol. The van der Waals surface area contributed by atoms with E-state index in [-0.39, 0.29) is 11.9 Å². The third-order valence-corrected chi connectivity index (χ3v) is 4.56. The molecule has 1 heterocycles. The molecule has 3 rings (SSSR count). The van der Waals surface area contributed by atoms with Gasteiger partial charge in [-0.1, -0.05) is 19.1 Å². The number of ether oxygens (including phenoxy) is 3. The highest BCUT2D eigenvalue weighted by Gasteiger charge is 2.23. The largest absolute Gasteiger partial charge is 0.496 e. The average Bonchev–Trinajstić information content (AvgIpc) is 2.67. The lowest BCUT2D eigenvalue weighted by molar-refractivity contribution is 0.0578. The van der Waals surface area contributed by atoms with E-state index in [1.807, 2.05) is 36.4 Å². The zero-order valence-corrected chi connectivity index (χ0v) is 15.5. The van der Waals surface area contributed by atoms with Gasteiger partial charge in [-0.25, -0.2) is 0 Å². The molecule has 1 aliphatic rings. The Kier molecular flexibility index (Phi) is 5.78. The number of carbonyl (C=O) groups is 1. The number of benzene rings is 2. The van der Waals surface area contributed by atoms with Gasteiger partial charge < -0.3 is 14.2 Å². The minimum absolute atomic E-state index is 0.0353. The fourth-order valence-corrected chi connectivity index (χ4v) is 3.11. The molecule has 5 heteroatoms. The lowest BCUT2D eigenvalue weighted by Gasteiger charge is -2.31. The fourth-order valence-electron chi connectivity index (χ4n) is 3.11. The second kappa shape index (κ2) is 8.23. The number of hydrogen-bond acceptors (Lipinski definition) is 5. The monoisotopic (exact) mass is 355 g/mol. The van der Waals surface area contributed by atoms with Crippen molar-refractivity contribution in [2.45, 2.75) is 26.5 Å². The van der Waals surface area contributed by atoms with Crippen molar-refractivity contribution in [3.05, 3.63) is 53.6 Å². The first-order valence-corrected chi connectivity index (χ1v) is 8.89. The molecule has 0 amide bonds. The van der Waals surface area contributed by atoms with E-state index in [1.165, 1.54) is 0 Å². The van der Waals surface area contributed by atoms with Crippen LogP contribution >= 0.6 is 0 Å². The van der Waals surface area contributed by atoms with E-state index in [2.05, 4.69) is 11.8 Å². The number of Topliss-reactive ketones (excluding diaryl/α,β-unsaturated/α-hetero) is 1. The summed E-state index contributed by atoms with van der Waals surface area (Å²) in [5.74, 6) is 2.43. The van der Waals surface area contributed by atoms with Gasteiger partial charge in [-0.15, -0.1) is 0 Å². The van der Waals surface area contributed by atoms with E-state index in [1.54, 1.807) is 20.1 Å². The second-order valence-electron chi connectivity index (χ2n) is 6.41. The highest BCUT2D eigenvalue weighted by Crippen LogP contribution is 2.31. The molecule has 0 aromatic heterocycles. The summed E-state index contributed by atoms with van der Waals surface area (Å²) in [7, 11) is 1.65. The van der Waals surface area contributed by atoms with Crippen LogP contribution in [-0.4, -0.2) is 43.6 Å². The van der Waals surface area contributed by atoms with Crippen LogP contribution in [0.25, 0.3) is 0 Å². The van der Waals surface area contributed by atoms with E-state index in [9.17, 15) is 4.79 Å². The van der Waals surface area contributed by atoms with Gasteiger partial charge >= 0.3 is 0 Å². The standard InChI is InChI=1S/C21H25NO4/c1-4-22(12-17-11-16(15(2)23)9-10-19(17)24-3)13-18-14-25-20-7-5-6-8-21(20)26-18/h5-11,18H,4,12-14H2,1-3H3/t18-/m1/s1. The molecule has 0 saturated carbocycles. The summed E-state index contributed by atoms with van der Waals surface area (Å²) < 4.78 is 17.3. The Morgan fingerprint density at radius 3 is 2.69 bits per heavy atom. The Balaban J connectivity index is 1.70. The van der Waals surface area contributed by atoms with Crippen molar-refractivity contribution in [3.8, 4) is 17.2 Å². The van der Waals surface area contributed by atoms with Crippen molar-refractivity contribution in [2.75, 3.05) is 26.8 Å². The number of likely N-dealkylation sites (N-methyl/N-ethyl adjacent to an activating group) is 1. The van der Waals surface area contributed by atoms with Crippen LogP contribution < -0.4 is 14.2 Å². The van der Waals surface area contributed by atoms with Crippen LogP contribution in [0, 0.1) is 0 Å². The number of nitrogens with zero attached hydrogens (tertiary/aromatic N) is 1. The number of methoxy groups -OCH3 is 1. The summed E-state index contributed by atoms with van der Waals surface area (Å²) in [4.78, 5) is 14.0. The van der Waals surface area contributed by atoms with Crippen LogP contribution in [0.5, 0.6) is 17.2 Å². The minimum atomic E-state index is -0.0353. The molecule has 0 bridgehead atoms. The van der Waals surface area contributed by atoms with E-state index < -0.39 is 0 Å². The van der Waals surface area contributed by atoms with Gasteiger partial charge in [0.25, 0.3) is 0 Å². The predicted octanol–water partition coefficient (Wildman–Crippen LogP) is 3.56. The molecule has 5 nitrogen and oxygen atoms in total. The zero-order chi connectivity index (χ0) is 18.5. The van der Waals surface area contributed by atoms with Crippen LogP contribution in [0.1, 0.15) is 29.8 Å². The van der Waals surface area contributed by atoms with Crippen LogP contribution in [0.4, 0.5) is 0 Å². The molecule has 1 aliphatic heterocycles. The van der Waals surface area contributed by atoms with Gasteiger partial charge in [-0.3, -0.25) is 9.69 Å². The summed E-state index contributed by atoms with van der Waals surface area (Å²) in [5, 5.41) is 0. The molecule has 0 spiro atoms. The van der Waals surface area contributed by atoms with Gasteiger partial charge in [0.05, 0.1) is 7.11 Å². The Morgan fingerprint density at radius 1 is 1.23 bits per heavy atom. The third kappa shape index (κ3) is 4.17. The molecule has 0 radical (unpaired) electrons. The summed E-state index contributed by atoms with van der Waals surface area (Å²) >= 11 is 0. The van der Waals surface area contributed by atoms with Gasteiger partial charge in [0.1, 0.15) is 18.5 Å². The molecular formula is C21H25NO4. The summed E-state index contributed by atoms with van der Waals surface area (Å²) in [6.07, 6.45) is -0.0353. The van der Waals surface area contributed by atoms with Gasteiger partial charge in [-0.05, 0) is 43.8 Å². The molecule has 2 aromatic carbocycles. The van der Waals surface area contributed by atoms with Crippen molar-refractivity contribution >= 4 is 5.78 Å². The maximum Gasteiger partial charge on any atom is 0.161 e. The van der Waals surface area contributed by atoms with E-state index in [0.717, 1.165) is 35.9 Å². The molecule has 138 valence electrons. The van der Waals surface area contributed by atoms with Crippen molar-refractivity contribution in [3.63, 3.8) is 0 Å². The first-order chi connectivity index (χ1) is 12.6. The number of ketones is 1. The quantitative estimate of drug-likeness (QED) is 0.711. The van der Waals surface area contributed by atoms with Gasteiger partial charge in [0.15, 0.2) is 17.3 Å². The van der Waals surface area contributed by atoms with Crippen LogP contribution in [0.2, 0.25) is 0 Å². The van der Waals surface area contributed by atoms with Gasteiger partial charge in [-0.2, -0.15) is 0 Å². The van der Waals surface area contributed by atoms with Gasteiger partial charge in [0, 0.05) is 24.2 Å². The van der Waals surface area contributed by atoms with E-state index >= 15 is 0 Å². The highest BCUT2D eigenvalue weighted by atomic mass is 16.6. The Labute approximate surface area is 154 Å². The number of fused-ring (bicyclic) bond motifs is 1. The molecule has 0 aliphatic carbocycles. The third-order valence-electron chi connectivity index (χ3n) is 4.56. The Morgan fingerprint density at radius 2 is 2.00 bits per heavy atom. The number of carbonyl (C=O) groups excluding carboxylic acids is 1. The number of hydrogen-bond donors (Lipinski definition) is 0. The second-order valence-corrected chi connectivity index (χ2v) is 6.41. The Bertz CT molecular complexity index is 774. The maximum atomic E-state index is 11.7. The zero-order valence-electron chi connectivity index (χ0n) is 15.5. The smallest absolute Gasteiger partial charge is 0.161 e. The SMILES string of the molecule is CCN(Cc1cc(C(C)=O)ccc1OC)C[C@@H]1COc2ccccc2O1. The molecule has 0 saturated heterocycles. The topological polar surface area (TPSA) is 48.0 Å². The van der Waals surface area contributed by atoms with E-state index in [4.69, 9.17) is 14.2 Å². The number of para-hydroxylation sites is 2. The van der Waals surface area contributed by atoms with E-state index in [0.29, 0.717) is 18.7 Å². The Hall–Kier alpha value is -2.53. The molecule has 0 fully saturated rings. The first-order valence-electron chi connectivity index (χ1n) is 8.89. The van der Waals surface area contributed by atoms with Crippen molar-refractivity contribution in [2.24, 2.45) is 0 Å². The molecule has 26 heavy (non-hydrogen) atoms. The van der Waals surface area contributed by atoms with Crippen LogP contribution in [0.15, 0.2) is 42.5 Å². The maximum absolute atomic E-state index is 11.7. The lowest BCUT2D eigenvalue weighted by Crippen LogP contribution is -2.40. The van der Waals surface area contributed by atoms with Gasteiger partial charge in [0.2, 0.25) is 0 Å². The summed E-state index contributed by atoms with van der Waals surface area (Å²) in [5.41, 5.74) is 1.70. The highest BCUT2D eigenvalue weighted by molar-refractivity contribution is 5.94. The molecular weight excluding hydrogens is 330 g/mol. The molecule has 2 aromatic rings. The first kappa shape index (κ1) is 18.3. The molecule has 0 N–H and O–H groups in total.